The number of pyridine rings is 1. The van der Waals surface area contributed by atoms with Gasteiger partial charge in [0.25, 0.3) is 0 Å². The molecule has 0 amide bonds. The molecule has 1 heterocycles. The largest absolute Gasteiger partial charge is 0.398 e. The lowest BCUT2D eigenvalue weighted by Gasteiger charge is -2.07. The number of hydrogen-bond donors (Lipinski definition) is 1. The second-order valence-electron chi connectivity index (χ2n) is 4.05. The molecule has 0 spiro atoms. The number of nitrogens with zero attached hydrogens (tertiary/aromatic N) is 1. The van der Waals surface area contributed by atoms with Crippen LogP contribution in [0, 0.1) is 13.8 Å². The zero-order valence-corrected chi connectivity index (χ0v) is 10.9. The maximum absolute atomic E-state index is 6.04. The van der Waals surface area contributed by atoms with Crippen LogP contribution >= 0.6 is 11.8 Å². The van der Waals surface area contributed by atoms with Crippen molar-refractivity contribution < 1.29 is 0 Å². The molecule has 2 aromatic rings. The van der Waals surface area contributed by atoms with Crippen molar-refractivity contribution in [3.05, 3.63) is 53.3 Å². The van der Waals surface area contributed by atoms with Crippen molar-refractivity contribution in [2.75, 3.05) is 5.73 Å². The lowest BCUT2D eigenvalue weighted by atomic mass is 10.2. The zero-order chi connectivity index (χ0) is 12.3. The van der Waals surface area contributed by atoms with Gasteiger partial charge in [-0.1, -0.05) is 18.2 Å². The fraction of sp³-hybridized carbons (Fsp3) is 0.214. The molecule has 0 radical (unpaired) electrons. The summed E-state index contributed by atoms with van der Waals surface area (Å²) in [4.78, 5) is 5.61. The summed E-state index contributed by atoms with van der Waals surface area (Å²) in [6.45, 7) is 4.04. The molecule has 0 aliphatic carbocycles. The third-order valence-corrected chi connectivity index (χ3v) is 3.71. The maximum atomic E-state index is 6.04. The number of aromatic nitrogens is 1. The first-order valence-corrected chi connectivity index (χ1v) is 6.56. The average molecular weight is 244 g/mol. The van der Waals surface area contributed by atoms with E-state index in [2.05, 4.69) is 11.1 Å². The highest BCUT2D eigenvalue weighted by Gasteiger charge is 2.03. The van der Waals surface area contributed by atoms with E-state index in [0.29, 0.717) is 0 Å². The summed E-state index contributed by atoms with van der Waals surface area (Å²) in [7, 11) is 0. The first kappa shape index (κ1) is 12.0. The molecule has 2 rings (SSSR count). The van der Waals surface area contributed by atoms with Gasteiger partial charge in [0, 0.05) is 22.0 Å². The molecule has 88 valence electrons. The van der Waals surface area contributed by atoms with Crippen molar-refractivity contribution in [1.29, 1.82) is 0 Å². The molecular weight excluding hydrogens is 228 g/mol. The van der Waals surface area contributed by atoms with Crippen LogP contribution in [-0.4, -0.2) is 4.98 Å². The molecule has 0 unspecified atom stereocenters. The van der Waals surface area contributed by atoms with E-state index in [-0.39, 0.29) is 0 Å². The maximum Gasteiger partial charge on any atom is 0.0509 e. The molecule has 0 fully saturated rings. The van der Waals surface area contributed by atoms with Crippen LogP contribution in [0.2, 0.25) is 0 Å². The number of hydrogen-bond acceptors (Lipinski definition) is 3. The van der Waals surface area contributed by atoms with Crippen LogP contribution in [0.1, 0.15) is 17.0 Å². The van der Waals surface area contributed by atoms with Crippen molar-refractivity contribution >= 4 is 17.4 Å². The Morgan fingerprint density at radius 1 is 1.12 bits per heavy atom. The minimum Gasteiger partial charge on any atom is -0.398 e. The van der Waals surface area contributed by atoms with Gasteiger partial charge in [-0.3, -0.25) is 4.98 Å². The SMILES string of the molecule is Cc1cccc(CSc2cccc(C)c2N)n1. The first-order chi connectivity index (χ1) is 8.16. The van der Waals surface area contributed by atoms with Crippen LogP contribution in [-0.2, 0) is 5.75 Å². The highest BCUT2D eigenvalue weighted by atomic mass is 32.2. The van der Waals surface area contributed by atoms with Crippen molar-refractivity contribution in [3.8, 4) is 0 Å². The van der Waals surface area contributed by atoms with Crippen LogP contribution in [0.5, 0.6) is 0 Å². The normalized spacial score (nSPS) is 10.5. The molecule has 17 heavy (non-hydrogen) atoms. The van der Waals surface area contributed by atoms with Crippen LogP contribution in [0.15, 0.2) is 41.3 Å². The Hall–Kier alpha value is -1.48. The Morgan fingerprint density at radius 2 is 1.88 bits per heavy atom. The Balaban J connectivity index is 2.10. The van der Waals surface area contributed by atoms with E-state index >= 15 is 0 Å². The van der Waals surface area contributed by atoms with Gasteiger partial charge in [-0.05, 0) is 37.6 Å². The number of rotatable bonds is 3. The van der Waals surface area contributed by atoms with Crippen LogP contribution in [0.4, 0.5) is 5.69 Å². The van der Waals surface area contributed by atoms with Gasteiger partial charge in [0.05, 0.1) is 5.69 Å². The Bertz CT molecular complexity index is 523. The van der Waals surface area contributed by atoms with Crippen molar-refractivity contribution in [3.63, 3.8) is 0 Å². The topological polar surface area (TPSA) is 38.9 Å². The van der Waals surface area contributed by atoms with Gasteiger partial charge in [-0.2, -0.15) is 0 Å². The van der Waals surface area contributed by atoms with Gasteiger partial charge >= 0.3 is 0 Å². The average Bonchev–Trinajstić information content (AvgIpc) is 2.31. The molecule has 0 saturated carbocycles. The summed E-state index contributed by atoms with van der Waals surface area (Å²) >= 11 is 1.74. The van der Waals surface area contributed by atoms with E-state index in [1.165, 1.54) is 0 Å². The number of para-hydroxylation sites is 1. The second kappa shape index (κ2) is 5.23. The summed E-state index contributed by atoms with van der Waals surface area (Å²) in [5, 5.41) is 0. The molecule has 0 bridgehead atoms. The first-order valence-electron chi connectivity index (χ1n) is 5.57. The molecule has 0 aliphatic rings. The number of benzene rings is 1. The van der Waals surface area contributed by atoms with Crippen LogP contribution < -0.4 is 5.73 Å². The second-order valence-corrected chi connectivity index (χ2v) is 5.06. The summed E-state index contributed by atoms with van der Waals surface area (Å²) in [5.41, 5.74) is 10.2. The molecule has 2 N–H and O–H groups in total. The zero-order valence-electron chi connectivity index (χ0n) is 10.1. The fourth-order valence-electron chi connectivity index (χ4n) is 1.61. The molecule has 2 nitrogen and oxygen atoms in total. The fourth-order valence-corrected chi connectivity index (χ4v) is 2.57. The van der Waals surface area contributed by atoms with E-state index in [4.69, 9.17) is 5.73 Å². The third-order valence-electron chi connectivity index (χ3n) is 2.61. The summed E-state index contributed by atoms with van der Waals surface area (Å²) in [5.74, 6) is 0.856. The van der Waals surface area contributed by atoms with E-state index in [1.807, 2.05) is 44.2 Å². The lowest BCUT2D eigenvalue weighted by Crippen LogP contribution is -1.93. The molecule has 3 heteroatoms. The minimum atomic E-state index is 0.856. The number of anilines is 1. The number of thioether (sulfide) groups is 1. The Kier molecular flexibility index (Phi) is 3.69. The number of nitrogen functional groups attached to an aromatic ring is 1. The molecule has 1 aromatic heterocycles. The lowest BCUT2D eigenvalue weighted by molar-refractivity contribution is 1.11. The summed E-state index contributed by atoms with van der Waals surface area (Å²) < 4.78 is 0. The standard InChI is InChI=1S/C14H16N2S/c1-10-5-3-8-13(14(10)15)17-9-12-7-4-6-11(2)16-12/h3-8H,9,15H2,1-2H3. The van der Waals surface area contributed by atoms with Crippen molar-refractivity contribution in [2.45, 2.75) is 24.5 Å². The molecule has 0 saturated heterocycles. The van der Waals surface area contributed by atoms with Crippen molar-refractivity contribution in [1.82, 2.24) is 4.98 Å². The molecular formula is C14H16N2S. The number of aryl methyl sites for hydroxylation is 2. The van der Waals surface area contributed by atoms with Gasteiger partial charge < -0.3 is 5.73 Å². The highest BCUT2D eigenvalue weighted by molar-refractivity contribution is 7.98. The predicted molar refractivity (Wildman–Crippen MR) is 74.1 cm³/mol. The highest BCUT2D eigenvalue weighted by Crippen LogP contribution is 2.29. The predicted octanol–water partition coefficient (Wildman–Crippen LogP) is 3.57. The van der Waals surface area contributed by atoms with E-state index in [0.717, 1.165) is 33.3 Å². The van der Waals surface area contributed by atoms with E-state index in [1.54, 1.807) is 11.8 Å². The Morgan fingerprint density at radius 3 is 2.65 bits per heavy atom. The molecule has 0 aliphatic heterocycles. The van der Waals surface area contributed by atoms with Gasteiger partial charge in [0.15, 0.2) is 0 Å². The minimum absolute atomic E-state index is 0.856. The van der Waals surface area contributed by atoms with Gasteiger partial charge in [0.2, 0.25) is 0 Å². The summed E-state index contributed by atoms with van der Waals surface area (Å²) in [6.07, 6.45) is 0. The van der Waals surface area contributed by atoms with Gasteiger partial charge in [-0.15, -0.1) is 11.8 Å². The third kappa shape index (κ3) is 3.01. The van der Waals surface area contributed by atoms with E-state index < -0.39 is 0 Å². The van der Waals surface area contributed by atoms with Gasteiger partial charge in [0.1, 0.15) is 0 Å². The summed E-state index contributed by atoms with van der Waals surface area (Å²) in [6, 6.07) is 12.2. The van der Waals surface area contributed by atoms with Crippen molar-refractivity contribution in [2.24, 2.45) is 0 Å². The molecule has 0 atom stereocenters. The molecule has 1 aromatic carbocycles. The number of nitrogens with two attached hydrogens (primary N) is 1. The Labute approximate surface area is 106 Å². The van der Waals surface area contributed by atoms with E-state index in [9.17, 15) is 0 Å². The smallest absolute Gasteiger partial charge is 0.0509 e. The van der Waals surface area contributed by atoms with Crippen LogP contribution in [0.3, 0.4) is 0 Å². The van der Waals surface area contributed by atoms with Gasteiger partial charge in [-0.25, -0.2) is 0 Å². The quantitative estimate of drug-likeness (QED) is 0.662. The monoisotopic (exact) mass is 244 g/mol. The van der Waals surface area contributed by atoms with Crippen LogP contribution in [0.25, 0.3) is 0 Å².